The van der Waals surface area contributed by atoms with Gasteiger partial charge >= 0.3 is 0 Å². The molecule has 1 aromatic carbocycles. The third-order valence-corrected chi connectivity index (χ3v) is 5.36. The van der Waals surface area contributed by atoms with Crippen LogP contribution in [0.4, 0.5) is 0 Å². The number of carbonyl (C=O) groups excluding carboxylic acids is 1. The molecule has 1 fully saturated rings. The quantitative estimate of drug-likeness (QED) is 0.809. The van der Waals surface area contributed by atoms with Crippen LogP contribution in [0.2, 0.25) is 0 Å². The van der Waals surface area contributed by atoms with Crippen LogP contribution in [-0.2, 0) is 13.0 Å². The van der Waals surface area contributed by atoms with Crippen molar-refractivity contribution in [2.75, 3.05) is 13.2 Å². The molecule has 2 aromatic rings. The molecule has 0 unspecified atom stereocenters. The Bertz CT molecular complexity index is 717. The fourth-order valence-corrected chi connectivity index (χ4v) is 4.05. The summed E-state index contributed by atoms with van der Waals surface area (Å²) in [7, 11) is 0. The van der Waals surface area contributed by atoms with E-state index in [0.717, 1.165) is 30.0 Å². The van der Waals surface area contributed by atoms with Crippen molar-refractivity contribution in [3.8, 4) is 5.75 Å². The largest absolute Gasteiger partial charge is 0.492 e. The molecule has 1 aromatic heterocycles. The minimum Gasteiger partial charge on any atom is -0.492 e. The fourth-order valence-electron chi connectivity index (χ4n) is 4.05. The van der Waals surface area contributed by atoms with Gasteiger partial charge in [-0.1, -0.05) is 31.4 Å². The number of para-hydroxylation sites is 1. The molecule has 0 spiro atoms. The lowest BCUT2D eigenvalue weighted by molar-refractivity contribution is 0.0682. The Hall–Kier alpha value is -2.23. The average molecular weight is 339 g/mol. The van der Waals surface area contributed by atoms with Crippen molar-refractivity contribution in [2.24, 2.45) is 5.92 Å². The van der Waals surface area contributed by atoms with Crippen molar-refractivity contribution in [1.29, 1.82) is 0 Å². The molecule has 2 heterocycles. The summed E-state index contributed by atoms with van der Waals surface area (Å²) in [5.41, 5.74) is 1.83. The molecule has 0 bridgehead atoms. The van der Waals surface area contributed by atoms with Gasteiger partial charge in [0.05, 0.1) is 25.0 Å². The van der Waals surface area contributed by atoms with Gasteiger partial charge in [0.2, 0.25) is 0 Å². The predicted molar refractivity (Wildman–Crippen MR) is 95.7 cm³/mol. The summed E-state index contributed by atoms with van der Waals surface area (Å²) in [6.07, 6.45) is 8.85. The summed E-state index contributed by atoms with van der Waals surface area (Å²) < 4.78 is 11.3. The first-order chi connectivity index (χ1) is 12.3. The van der Waals surface area contributed by atoms with Crippen molar-refractivity contribution >= 4 is 5.91 Å². The van der Waals surface area contributed by atoms with Gasteiger partial charge in [-0.15, -0.1) is 0 Å². The monoisotopic (exact) mass is 339 g/mol. The highest BCUT2D eigenvalue weighted by Crippen LogP contribution is 2.32. The van der Waals surface area contributed by atoms with Gasteiger partial charge in [0.15, 0.2) is 0 Å². The zero-order chi connectivity index (χ0) is 17.1. The highest BCUT2D eigenvalue weighted by Gasteiger charge is 2.27. The second-order valence-corrected chi connectivity index (χ2v) is 7.16. The first-order valence-electron chi connectivity index (χ1n) is 9.37. The average Bonchev–Trinajstić information content (AvgIpc) is 3.32. The maximum Gasteiger partial charge on any atom is 0.258 e. The molecule has 4 heteroatoms. The van der Waals surface area contributed by atoms with Crippen LogP contribution >= 0.6 is 0 Å². The van der Waals surface area contributed by atoms with Crippen molar-refractivity contribution in [1.82, 2.24) is 4.90 Å². The van der Waals surface area contributed by atoms with Gasteiger partial charge in [0.1, 0.15) is 11.5 Å². The molecule has 25 heavy (non-hydrogen) atoms. The Morgan fingerprint density at radius 2 is 2.00 bits per heavy atom. The highest BCUT2D eigenvalue weighted by molar-refractivity contribution is 5.97. The van der Waals surface area contributed by atoms with Crippen LogP contribution in [0.5, 0.6) is 5.75 Å². The molecule has 4 nitrogen and oxygen atoms in total. The molecule has 0 radical (unpaired) electrons. The molecular weight excluding hydrogens is 314 g/mol. The summed E-state index contributed by atoms with van der Waals surface area (Å²) in [4.78, 5) is 15.3. The number of furan rings is 1. The molecule has 1 aliphatic carbocycles. The third-order valence-electron chi connectivity index (χ3n) is 5.36. The number of hydrogen-bond donors (Lipinski definition) is 0. The minimum atomic E-state index is 0.0562. The standard InChI is InChI=1S/C21H25NO3/c23-21(19-10-4-8-17-11-13-25-20(17)19)22(15-18-9-5-12-24-18)14-16-6-2-1-3-7-16/h4-5,8-10,12,16H,1-3,6-7,11,13-15H2. The summed E-state index contributed by atoms with van der Waals surface area (Å²) in [6, 6.07) is 9.72. The minimum absolute atomic E-state index is 0.0562. The van der Waals surface area contributed by atoms with Gasteiger partial charge < -0.3 is 14.1 Å². The van der Waals surface area contributed by atoms with Gasteiger partial charge in [-0.05, 0) is 42.5 Å². The number of carbonyl (C=O) groups is 1. The van der Waals surface area contributed by atoms with Crippen molar-refractivity contribution in [3.05, 3.63) is 53.5 Å². The van der Waals surface area contributed by atoms with Crippen LogP contribution in [-0.4, -0.2) is 24.0 Å². The number of hydrogen-bond acceptors (Lipinski definition) is 3. The van der Waals surface area contributed by atoms with Gasteiger partial charge in [-0.25, -0.2) is 0 Å². The zero-order valence-corrected chi connectivity index (χ0v) is 14.6. The number of rotatable bonds is 5. The Kier molecular flexibility index (Phi) is 4.77. The number of nitrogens with zero attached hydrogens (tertiary/aromatic N) is 1. The summed E-state index contributed by atoms with van der Waals surface area (Å²) in [6.45, 7) is 1.98. The van der Waals surface area contributed by atoms with E-state index in [1.165, 1.54) is 32.1 Å². The first-order valence-corrected chi connectivity index (χ1v) is 9.37. The van der Waals surface area contributed by atoms with E-state index in [-0.39, 0.29) is 5.91 Å². The maximum atomic E-state index is 13.3. The van der Waals surface area contributed by atoms with E-state index in [1.807, 2.05) is 29.2 Å². The van der Waals surface area contributed by atoms with Crippen LogP contribution in [0.15, 0.2) is 41.0 Å². The highest BCUT2D eigenvalue weighted by atomic mass is 16.5. The molecule has 0 atom stereocenters. The SMILES string of the molecule is O=C(c1cccc2c1OCC2)N(Cc1ccco1)CC1CCCCC1. The van der Waals surface area contributed by atoms with E-state index < -0.39 is 0 Å². The zero-order valence-electron chi connectivity index (χ0n) is 14.6. The molecule has 1 aliphatic heterocycles. The van der Waals surface area contributed by atoms with Crippen LogP contribution in [0.1, 0.15) is 53.8 Å². The van der Waals surface area contributed by atoms with Crippen LogP contribution in [0, 0.1) is 5.92 Å². The molecule has 132 valence electrons. The first kappa shape index (κ1) is 16.2. The topological polar surface area (TPSA) is 42.7 Å². The smallest absolute Gasteiger partial charge is 0.258 e. The Morgan fingerprint density at radius 1 is 1.12 bits per heavy atom. The van der Waals surface area contributed by atoms with Gasteiger partial charge in [0.25, 0.3) is 5.91 Å². The van der Waals surface area contributed by atoms with Gasteiger partial charge in [-0.2, -0.15) is 0 Å². The van der Waals surface area contributed by atoms with Crippen molar-refractivity contribution < 1.29 is 13.9 Å². The predicted octanol–water partition coefficient (Wildman–Crippen LogP) is 4.44. The lowest BCUT2D eigenvalue weighted by Gasteiger charge is -2.29. The Balaban J connectivity index is 1.58. The summed E-state index contributed by atoms with van der Waals surface area (Å²) in [5.74, 6) is 2.25. The van der Waals surface area contributed by atoms with Gasteiger partial charge in [-0.3, -0.25) is 4.79 Å². The molecule has 0 N–H and O–H groups in total. The molecule has 0 saturated heterocycles. The number of ether oxygens (including phenoxy) is 1. The van der Waals surface area contributed by atoms with Crippen LogP contribution in [0.25, 0.3) is 0 Å². The lowest BCUT2D eigenvalue weighted by atomic mass is 9.88. The molecule has 1 amide bonds. The maximum absolute atomic E-state index is 13.3. The van der Waals surface area contributed by atoms with E-state index in [4.69, 9.17) is 9.15 Å². The van der Waals surface area contributed by atoms with E-state index in [0.29, 0.717) is 24.6 Å². The third kappa shape index (κ3) is 3.58. The van der Waals surface area contributed by atoms with E-state index in [1.54, 1.807) is 6.26 Å². The van der Waals surface area contributed by atoms with Gasteiger partial charge in [0, 0.05) is 13.0 Å². The second-order valence-electron chi connectivity index (χ2n) is 7.16. The second kappa shape index (κ2) is 7.34. The van der Waals surface area contributed by atoms with Crippen LogP contribution < -0.4 is 4.74 Å². The lowest BCUT2D eigenvalue weighted by Crippen LogP contribution is -2.35. The number of fused-ring (bicyclic) bond motifs is 1. The molecule has 2 aliphatic rings. The number of amides is 1. The Labute approximate surface area is 148 Å². The molecule has 1 saturated carbocycles. The normalized spacial score (nSPS) is 17.1. The fraction of sp³-hybridized carbons (Fsp3) is 0.476. The van der Waals surface area contributed by atoms with Crippen LogP contribution in [0.3, 0.4) is 0 Å². The number of benzene rings is 1. The summed E-state index contributed by atoms with van der Waals surface area (Å²) >= 11 is 0. The molecular formula is C21H25NO3. The van der Waals surface area contributed by atoms with Crippen molar-refractivity contribution in [2.45, 2.75) is 45.1 Å². The Morgan fingerprint density at radius 3 is 2.80 bits per heavy atom. The molecule has 4 rings (SSSR count). The van der Waals surface area contributed by atoms with E-state index in [9.17, 15) is 4.79 Å². The van der Waals surface area contributed by atoms with E-state index >= 15 is 0 Å². The summed E-state index contributed by atoms with van der Waals surface area (Å²) in [5, 5.41) is 0. The van der Waals surface area contributed by atoms with E-state index in [2.05, 4.69) is 6.07 Å². The van der Waals surface area contributed by atoms with Crippen molar-refractivity contribution in [3.63, 3.8) is 0 Å².